The molecule has 0 unspecified atom stereocenters. The van der Waals surface area contributed by atoms with E-state index in [2.05, 4.69) is 10.6 Å². The third kappa shape index (κ3) is 6.43. The number of carbonyl (C=O) groups is 3. The summed E-state index contributed by atoms with van der Waals surface area (Å²) in [5, 5.41) is 5.59. The normalized spacial score (nSPS) is 13.6. The number of carbonyl (C=O) groups excluding carboxylic acids is 3. The summed E-state index contributed by atoms with van der Waals surface area (Å²) in [6, 6.07) is 20.9. The predicted molar refractivity (Wildman–Crippen MR) is 146 cm³/mol. The van der Waals surface area contributed by atoms with Crippen LogP contribution in [0.1, 0.15) is 50.8 Å². The van der Waals surface area contributed by atoms with E-state index < -0.39 is 11.6 Å². The molecule has 3 aromatic carbocycles. The van der Waals surface area contributed by atoms with Crippen molar-refractivity contribution in [2.45, 2.75) is 25.2 Å². The maximum absolute atomic E-state index is 13.5. The number of nitrogens with one attached hydrogen (secondary N) is 2. The van der Waals surface area contributed by atoms with Crippen LogP contribution in [0.3, 0.4) is 0 Å². The summed E-state index contributed by atoms with van der Waals surface area (Å²) in [5.41, 5.74) is 3.22. The molecule has 3 amide bonds. The fourth-order valence-corrected chi connectivity index (χ4v) is 4.75. The Morgan fingerprint density at radius 1 is 0.800 bits per heavy atom. The molecule has 0 aliphatic carbocycles. The van der Waals surface area contributed by atoms with Crippen LogP contribution in [0.15, 0.2) is 89.5 Å². The molecule has 7 nitrogen and oxygen atoms in total. The molecule has 9 heteroatoms. The number of hydrogen-bond acceptors (Lipinski definition) is 4. The van der Waals surface area contributed by atoms with Crippen molar-refractivity contribution in [1.82, 2.24) is 4.90 Å². The molecule has 4 aromatic rings. The fraction of sp³-hybridized carbons (Fsp3) is 0.194. The van der Waals surface area contributed by atoms with Gasteiger partial charge in [0, 0.05) is 30.0 Å². The molecule has 0 spiro atoms. The van der Waals surface area contributed by atoms with Crippen LogP contribution < -0.4 is 10.6 Å². The van der Waals surface area contributed by atoms with Crippen LogP contribution in [0, 0.1) is 11.6 Å². The Morgan fingerprint density at radius 3 is 2.08 bits per heavy atom. The number of anilines is 2. The monoisotopic (exact) mass is 543 g/mol. The molecular weight excluding hydrogens is 516 g/mol. The van der Waals surface area contributed by atoms with Gasteiger partial charge in [-0.3, -0.25) is 14.4 Å². The van der Waals surface area contributed by atoms with Gasteiger partial charge in [-0.05, 0) is 90.6 Å². The summed E-state index contributed by atoms with van der Waals surface area (Å²) >= 11 is 0. The molecule has 0 saturated carbocycles. The average Bonchev–Trinajstić information content (AvgIpc) is 3.51. The first-order chi connectivity index (χ1) is 19.4. The molecular formula is C31H27F2N3O4. The van der Waals surface area contributed by atoms with Crippen molar-refractivity contribution in [1.29, 1.82) is 0 Å². The number of hydrogen-bond donors (Lipinski definition) is 2. The van der Waals surface area contributed by atoms with E-state index in [0.717, 1.165) is 30.5 Å². The van der Waals surface area contributed by atoms with Crippen LogP contribution in [0.25, 0.3) is 0 Å². The molecule has 1 aliphatic rings. The summed E-state index contributed by atoms with van der Waals surface area (Å²) in [5.74, 6) is -2.15. The lowest BCUT2D eigenvalue weighted by Crippen LogP contribution is -2.38. The molecule has 5 rings (SSSR count). The second-order valence-corrected chi connectivity index (χ2v) is 9.67. The highest BCUT2D eigenvalue weighted by Crippen LogP contribution is 2.29. The average molecular weight is 544 g/mol. The van der Waals surface area contributed by atoms with Gasteiger partial charge < -0.3 is 20.0 Å². The molecule has 1 saturated heterocycles. The lowest BCUT2D eigenvalue weighted by atomic mass is 9.89. The minimum atomic E-state index is -0.950. The van der Waals surface area contributed by atoms with E-state index in [1.165, 1.54) is 12.3 Å². The van der Waals surface area contributed by atoms with E-state index in [0.29, 0.717) is 35.6 Å². The first kappa shape index (κ1) is 26.8. The Kier molecular flexibility index (Phi) is 8.00. The number of rotatable bonds is 7. The van der Waals surface area contributed by atoms with Crippen LogP contribution in [-0.4, -0.2) is 35.7 Å². The second-order valence-electron chi connectivity index (χ2n) is 9.67. The Hall–Kier alpha value is -4.79. The molecule has 1 aromatic heterocycles. The molecule has 40 heavy (non-hydrogen) atoms. The maximum Gasteiger partial charge on any atom is 0.291 e. The van der Waals surface area contributed by atoms with Crippen molar-refractivity contribution in [2.75, 3.05) is 23.7 Å². The molecule has 1 aliphatic heterocycles. The van der Waals surface area contributed by atoms with Gasteiger partial charge in [-0.25, -0.2) is 8.78 Å². The number of benzene rings is 3. The summed E-state index contributed by atoms with van der Waals surface area (Å²) in [7, 11) is 0. The van der Waals surface area contributed by atoms with Crippen molar-refractivity contribution >= 4 is 29.1 Å². The summed E-state index contributed by atoms with van der Waals surface area (Å²) in [4.78, 5) is 39.2. The van der Waals surface area contributed by atoms with Gasteiger partial charge in [-0.2, -0.15) is 0 Å². The minimum Gasteiger partial charge on any atom is -0.459 e. The lowest BCUT2D eigenvalue weighted by Gasteiger charge is -2.32. The lowest BCUT2D eigenvalue weighted by molar-refractivity contribution is -0.131. The highest BCUT2D eigenvalue weighted by atomic mass is 19.2. The van der Waals surface area contributed by atoms with Gasteiger partial charge in [0.05, 0.1) is 12.7 Å². The van der Waals surface area contributed by atoms with E-state index in [1.807, 2.05) is 24.3 Å². The van der Waals surface area contributed by atoms with Crippen molar-refractivity contribution in [3.63, 3.8) is 0 Å². The van der Waals surface area contributed by atoms with E-state index in [1.54, 1.807) is 41.3 Å². The van der Waals surface area contributed by atoms with Crippen molar-refractivity contribution < 1.29 is 27.6 Å². The molecule has 1 fully saturated rings. The van der Waals surface area contributed by atoms with Crippen LogP contribution >= 0.6 is 0 Å². The zero-order valence-corrected chi connectivity index (χ0v) is 21.5. The van der Waals surface area contributed by atoms with Gasteiger partial charge in [0.15, 0.2) is 17.4 Å². The quantitative estimate of drug-likeness (QED) is 0.299. The second kappa shape index (κ2) is 11.9. The number of furan rings is 1. The summed E-state index contributed by atoms with van der Waals surface area (Å²) in [6.07, 6.45) is 3.04. The van der Waals surface area contributed by atoms with Gasteiger partial charge in [0.1, 0.15) is 0 Å². The van der Waals surface area contributed by atoms with Crippen molar-refractivity contribution in [3.8, 4) is 0 Å². The summed E-state index contributed by atoms with van der Waals surface area (Å²) in [6.45, 7) is 1.17. The predicted octanol–water partition coefficient (Wildman–Crippen LogP) is 6.01. The Labute approximate surface area is 229 Å². The van der Waals surface area contributed by atoms with Crippen LogP contribution in [0.2, 0.25) is 0 Å². The third-order valence-electron chi connectivity index (χ3n) is 6.98. The van der Waals surface area contributed by atoms with E-state index in [4.69, 9.17) is 4.42 Å². The van der Waals surface area contributed by atoms with Crippen LogP contribution in [0.5, 0.6) is 0 Å². The molecule has 2 heterocycles. The Balaban J connectivity index is 1.10. The SMILES string of the molecule is O=C(Nc1ccc(C2CCN(C(=O)Cc3ccc(F)c(F)c3)CC2)cc1)c1ccc(NC(=O)c2ccco2)cc1. The highest BCUT2D eigenvalue weighted by molar-refractivity contribution is 6.05. The van der Waals surface area contributed by atoms with Crippen molar-refractivity contribution in [3.05, 3.63) is 119 Å². The Morgan fingerprint density at radius 2 is 1.45 bits per heavy atom. The van der Waals surface area contributed by atoms with Crippen LogP contribution in [-0.2, 0) is 11.2 Å². The molecule has 0 bridgehead atoms. The Bertz CT molecular complexity index is 1490. The topological polar surface area (TPSA) is 91.7 Å². The molecule has 2 N–H and O–H groups in total. The van der Waals surface area contributed by atoms with Crippen LogP contribution in [0.4, 0.5) is 20.2 Å². The number of piperidine rings is 1. The first-order valence-electron chi connectivity index (χ1n) is 12.9. The fourth-order valence-electron chi connectivity index (χ4n) is 4.75. The number of amides is 3. The molecule has 0 radical (unpaired) electrons. The van der Waals surface area contributed by atoms with E-state index in [-0.39, 0.29) is 35.8 Å². The van der Waals surface area contributed by atoms with Gasteiger partial charge >= 0.3 is 0 Å². The van der Waals surface area contributed by atoms with E-state index in [9.17, 15) is 23.2 Å². The largest absolute Gasteiger partial charge is 0.459 e. The van der Waals surface area contributed by atoms with Gasteiger partial charge in [-0.15, -0.1) is 0 Å². The minimum absolute atomic E-state index is 0.0403. The standard InChI is InChI=1S/C31H27F2N3O4/c32-26-12-3-20(18-27(26)33)19-29(37)36-15-13-22(14-16-36)21-4-8-24(9-5-21)34-30(38)23-6-10-25(11-7-23)35-31(39)28-2-1-17-40-28/h1-12,17-18,22H,13-16,19H2,(H,34,38)(H,35,39). The molecule has 0 atom stereocenters. The van der Waals surface area contributed by atoms with Crippen molar-refractivity contribution in [2.24, 2.45) is 0 Å². The zero-order valence-electron chi connectivity index (χ0n) is 21.5. The number of nitrogens with zero attached hydrogens (tertiary/aromatic N) is 1. The first-order valence-corrected chi connectivity index (χ1v) is 12.9. The third-order valence-corrected chi connectivity index (χ3v) is 6.98. The summed E-state index contributed by atoms with van der Waals surface area (Å²) < 4.78 is 31.7. The molecule has 204 valence electrons. The van der Waals surface area contributed by atoms with Gasteiger partial charge in [0.25, 0.3) is 11.8 Å². The smallest absolute Gasteiger partial charge is 0.291 e. The van der Waals surface area contributed by atoms with Gasteiger partial charge in [0.2, 0.25) is 5.91 Å². The van der Waals surface area contributed by atoms with E-state index >= 15 is 0 Å². The maximum atomic E-state index is 13.5. The number of halogens is 2. The number of likely N-dealkylation sites (tertiary alicyclic amines) is 1. The highest BCUT2D eigenvalue weighted by Gasteiger charge is 2.24. The van der Waals surface area contributed by atoms with Gasteiger partial charge in [-0.1, -0.05) is 18.2 Å². The zero-order chi connectivity index (χ0) is 28.1.